The molecular formula is C10H8BrIO. The number of hydrogen-bond acceptors (Lipinski definition) is 1. The highest BCUT2D eigenvalue weighted by Crippen LogP contribution is 2.47. The van der Waals surface area contributed by atoms with Crippen molar-refractivity contribution in [1.82, 2.24) is 0 Å². The lowest BCUT2D eigenvalue weighted by Crippen LogP contribution is -2.14. The summed E-state index contributed by atoms with van der Waals surface area (Å²) in [5, 5.41) is 0. The van der Waals surface area contributed by atoms with E-state index in [0.717, 1.165) is 22.9 Å². The largest absolute Gasteiger partial charge is 0.293 e. The van der Waals surface area contributed by atoms with Crippen LogP contribution in [0, 0.1) is 0 Å². The van der Waals surface area contributed by atoms with Gasteiger partial charge in [0, 0.05) is 10.0 Å². The molecule has 0 atom stereocenters. The van der Waals surface area contributed by atoms with Gasteiger partial charge in [0.2, 0.25) is 0 Å². The van der Waals surface area contributed by atoms with Crippen molar-refractivity contribution in [2.45, 2.75) is 16.3 Å². The fraction of sp³-hybridized carbons (Fsp3) is 0.300. The molecule has 0 bridgehead atoms. The number of hydrogen-bond donors (Lipinski definition) is 0. The molecule has 0 unspecified atom stereocenters. The topological polar surface area (TPSA) is 17.1 Å². The zero-order valence-electron chi connectivity index (χ0n) is 6.89. The molecule has 3 heteroatoms. The molecule has 2 rings (SSSR count). The van der Waals surface area contributed by atoms with Gasteiger partial charge in [-0.2, -0.15) is 0 Å². The number of rotatable bonds is 2. The molecule has 1 saturated carbocycles. The molecule has 1 aromatic rings. The van der Waals surface area contributed by atoms with Crippen molar-refractivity contribution in [3.8, 4) is 0 Å². The van der Waals surface area contributed by atoms with Crippen LogP contribution in [-0.4, -0.2) is 9.20 Å². The Hall–Kier alpha value is 0.1000. The molecule has 0 radical (unpaired) electrons. The molecule has 0 heterocycles. The summed E-state index contributed by atoms with van der Waals surface area (Å²) in [5.41, 5.74) is 0.829. The number of carbonyl (C=O) groups is 1. The first-order valence-electron chi connectivity index (χ1n) is 4.11. The highest BCUT2D eigenvalue weighted by molar-refractivity contribution is 14.1. The van der Waals surface area contributed by atoms with Gasteiger partial charge < -0.3 is 0 Å². The first-order valence-corrected chi connectivity index (χ1v) is 5.98. The molecule has 1 aromatic carbocycles. The number of carbonyl (C=O) groups excluding carboxylic acids is 1. The molecular weight excluding hydrogens is 343 g/mol. The van der Waals surface area contributed by atoms with Crippen LogP contribution >= 0.6 is 38.5 Å². The molecule has 0 spiro atoms. The average Bonchev–Trinajstić information content (AvgIpc) is 2.85. The Morgan fingerprint density at radius 3 is 2.31 bits per heavy atom. The molecule has 0 saturated heterocycles. The summed E-state index contributed by atoms with van der Waals surface area (Å²) in [5.74, 6) is 0.278. The molecule has 13 heavy (non-hydrogen) atoms. The third-order valence-electron chi connectivity index (χ3n) is 2.20. The lowest BCUT2D eigenvalue weighted by molar-refractivity contribution is 0.0986. The monoisotopic (exact) mass is 350 g/mol. The summed E-state index contributed by atoms with van der Waals surface area (Å²) < 4.78 is 0.938. The van der Waals surface area contributed by atoms with E-state index in [1.807, 2.05) is 24.3 Å². The summed E-state index contributed by atoms with van der Waals surface area (Å²) in [6, 6.07) is 7.58. The lowest BCUT2D eigenvalue weighted by atomic mass is 10.1. The third kappa shape index (κ3) is 1.96. The van der Waals surface area contributed by atoms with Gasteiger partial charge in [-0.25, -0.2) is 0 Å². The van der Waals surface area contributed by atoms with Crippen molar-refractivity contribution >= 4 is 44.3 Å². The van der Waals surface area contributed by atoms with Crippen LogP contribution in [0.3, 0.4) is 0 Å². The van der Waals surface area contributed by atoms with Gasteiger partial charge in [0.05, 0.1) is 3.42 Å². The Bertz CT molecular complexity index is 340. The summed E-state index contributed by atoms with van der Waals surface area (Å²) in [4.78, 5) is 11.8. The van der Waals surface area contributed by atoms with Crippen molar-refractivity contribution in [3.05, 3.63) is 34.3 Å². The molecule has 0 amide bonds. The minimum Gasteiger partial charge on any atom is -0.293 e. The van der Waals surface area contributed by atoms with Crippen LogP contribution in [-0.2, 0) is 0 Å². The molecule has 68 valence electrons. The molecule has 0 N–H and O–H groups in total. The number of halogens is 2. The van der Waals surface area contributed by atoms with Gasteiger partial charge in [-0.3, -0.25) is 4.79 Å². The van der Waals surface area contributed by atoms with Crippen molar-refractivity contribution in [1.29, 1.82) is 0 Å². The first-order chi connectivity index (χ1) is 6.12. The van der Waals surface area contributed by atoms with Crippen molar-refractivity contribution in [2.24, 2.45) is 0 Å². The zero-order valence-corrected chi connectivity index (χ0v) is 10.6. The van der Waals surface area contributed by atoms with E-state index in [9.17, 15) is 4.79 Å². The molecule has 0 aromatic heterocycles. The summed E-state index contributed by atoms with van der Waals surface area (Å²) >= 11 is 5.61. The van der Waals surface area contributed by atoms with E-state index in [-0.39, 0.29) is 9.20 Å². The van der Waals surface area contributed by atoms with Crippen molar-refractivity contribution in [2.75, 3.05) is 0 Å². The maximum absolute atomic E-state index is 11.8. The van der Waals surface area contributed by atoms with Gasteiger partial charge in [0.25, 0.3) is 0 Å². The Labute approximate surface area is 99.2 Å². The van der Waals surface area contributed by atoms with Gasteiger partial charge >= 0.3 is 0 Å². The predicted octanol–water partition coefficient (Wildman–Crippen LogP) is 3.60. The maximum Gasteiger partial charge on any atom is 0.178 e. The van der Waals surface area contributed by atoms with E-state index in [1.54, 1.807) is 0 Å². The fourth-order valence-corrected chi connectivity index (χ4v) is 2.04. The smallest absolute Gasteiger partial charge is 0.178 e. The van der Waals surface area contributed by atoms with Crippen molar-refractivity contribution in [3.63, 3.8) is 0 Å². The van der Waals surface area contributed by atoms with Crippen molar-refractivity contribution < 1.29 is 4.79 Å². The van der Waals surface area contributed by atoms with Crippen LogP contribution in [0.2, 0.25) is 0 Å². The molecule has 0 aliphatic heterocycles. The quantitative estimate of drug-likeness (QED) is 0.452. The standard InChI is InChI=1S/C10H8BrIO/c11-8-3-1-7(2-4-8)9(13)10(12)5-6-10/h1-4H,5-6H2. The van der Waals surface area contributed by atoms with Crippen LogP contribution in [0.25, 0.3) is 0 Å². The SMILES string of the molecule is O=C(c1ccc(Br)cc1)C1(I)CC1. The number of Topliss-reactive ketones (excluding diaryl/α,β-unsaturated/α-hetero) is 1. The van der Waals surface area contributed by atoms with Crippen LogP contribution < -0.4 is 0 Å². The van der Waals surface area contributed by atoms with E-state index in [0.29, 0.717) is 0 Å². The maximum atomic E-state index is 11.8. The van der Waals surface area contributed by atoms with E-state index in [1.165, 1.54) is 0 Å². The van der Waals surface area contributed by atoms with Gasteiger partial charge in [-0.1, -0.05) is 50.7 Å². The summed E-state index contributed by atoms with van der Waals surface area (Å²) in [7, 11) is 0. The van der Waals surface area contributed by atoms with Crippen LogP contribution in [0.4, 0.5) is 0 Å². The first kappa shape index (κ1) is 9.65. The van der Waals surface area contributed by atoms with Gasteiger partial charge in [-0.05, 0) is 25.0 Å². The van der Waals surface area contributed by atoms with Crippen LogP contribution in [0.5, 0.6) is 0 Å². The average molecular weight is 351 g/mol. The lowest BCUT2D eigenvalue weighted by Gasteiger charge is -2.04. The second-order valence-electron chi connectivity index (χ2n) is 3.30. The van der Waals surface area contributed by atoms with Gasteiger partial charge in [0.1, 0.15) is 0 Å². The molecule has 1 aliphatic rings. The minimum atomic E-state index is -0.0778. The second-order valence-corrected chi connectivity index (χ2v) is 6.28. The predicted molar refractivity (Wildman–Crippen MR) is 64.5 cm³/mol. The Morgan fingerprint density at radius 1 is 1.31 bits per heavy atom. The zero-order chi connectivity index (χ0) is 9.47. The molecule has 1 aliphatic carbocycles. The van der Waals surface area contributed by atoms with Gasteiger partial charge in [0.15, 0.2) is 5.78 Å². The molecule has 1 fully saturated rings. The fourth-order valence-electron chi connectivity index (χ4n) is 1.20. The van der Waals surface area contributed by atoms with E-state index >= 15 is 0 Å². The number of alkyl halides is 1. The molecule has 1 nitrogen and oxygen atoms in total. The van der Waals surface area contributed by atoms with E-state index in [4.69, 9.17) is 0 Å². The summed E-state index contributed by atoms with van der Waals surface area (Å²) in [6.07, 6.45) is 2.06. The Balaban J connectivity index is 2.26. The highest BCUT2D eigenvalue weighted by atomic mass is 127. The highest BCUT2D eigenvalue weighted by Gasteiger charge is 2.47. The number of benzene rings is 1. The summed E-state index contributed by atoms with van der Waals surface area (Å²) in [6.45, 7) is 0. The third-order valence-corrected chi connectivity index (χ3v) is 4.30. The second kappa shape index (κ2) is 3.35. The van der Waals surface area contributed by atoms with Crippen LogP contribution in [0.1, 0.15) is 23.2 Å². The number of ketones is 1. The Morgan fingerprint density at radius 2 is 1.85 bits per heavy atom. The van der Waals surface area contributed by atoms with E-state index < -0.39 is 0 Å². The minimum absolute atomic E-state index is 0.0778. The normalized spacial score (nSPS) is 18.3. The Kier molecular flexibility index (Phi) is 2.49. The van der Waals surface area contributed by atoms with Gasteiger partial charge in [-0.15, -0.1) is 0 Å². The van der Waals surface area contributed by atoms with Crippen LogP contribution in [0.15, 0.2) is 28.7 Å². The van der Waals surface area contributed by atoms with E-state index in [2.05, 4.69) is 38.5 Å².